The summed E-state index contributed by atoms with van der Waals surface area (Å²) in [6.07, 6.45) is -11.2. The molecule has 0 radical (unpaired) electrons. The molecular weight excluding hydrogens is 340 g/mol. The summed E-state index contributed by atoms with van der Waals surface area (Å²) in [6, 6.07) is 3.58. The molecule has 1 aromatic heterocycles. The zero-order chi connectivity index (χ0) is 17.9. The molecule has 0 fully saturated rings. The number of benzene rings is 1. The van der Waals surface area contributed by atoms with Crippen molar-refractivity contribution in [2.45, 2.75) is 37.3 Å². The molecule has 0 saturated heterocycles. The van der Waals surface area contributed by atoms with Crippen LogP contribution in [0.25, 0.3) is 10.9 Å². The third-order valence-electron chi connectivity index (χ3n) is 4.23. The molecule has 9 heteroatoms. The first kappa shape index (κ1) is 16.8. The summed E-state index contributed by atoms with van der Waals surface area (Å²) in [5.74, 6) is 0. The average molecular weight is 351 g/mol. The minimum absolute atomic E-state index is 0.0497. The van der Waals surface area contributed by atoms with Gasteiger partial charge in [0.05, 0.1) is 5.52 Å². The number of halogens is 6. The predicted octanol–water partition coefficient (Wildman–Crippen LogP) is 3.26. The number of rotatable bonds is 1. The summed E-state index contributed by atoms with van der Waals surface area (Å²) < 4.78 is 79.6. The Bertz CT molecular complexity index is 851. The lowest BCUT2D eigenvalue weighted by molar-refractivity contribution is -0.376. The molecule has 24 heavy (non-hydrogen) atoms. The van der Waals surface area contributed by atoms with Gasteiger partial charge in [0.25, 0.3) is 11.2 Å². The highest BCUT2D eigenvalue weighted by Crippen LogP contribution is 2.50. The van der Waals surface area contributed by atoms with Gasteiger partial charge in [-0.25, -0.2) is 0 Å². The lowest BCUT2D eigenvalue weighted by Crippen LogP contribution is -2.54. The second-order valence-electron chi connectivity index (χ2n) is 5.71. The molecule has 0 saturated carbocycles. The van der Waals surface area contributed by atoms with Gasteiger partial charge in [0, 0.05) is 18.2 Å². The molecular formula is C15H11F6NO2. The van der Waals surface area contributed by atoms with Gasteiger partial charge < -0.3 is 9.67 Å². The number of pyridine rings is 1. The van der Waals surface area contributed by atoms with Crippen LogP contribution >= 0.6 is 0 Å². The van der Waals surface area contributed by atoms with Crippen LogP contribution in [0.2, 0.25) is 0 Å². The zero-order valence-electron chi connectivity index (χ0n) is 12.0. The fraction of sp³-hybridized carbons (Fsp3) is 0.400. The van der Waals surface area contributed by atoms with E-state index in [2.05, 4.69) is 0 Å². The quantitative estimate of drug-likeness (QED) is 0.802. The number of alkyl halides is 6. The molecule has 3 nitrogen and oxygen atoms in total. The molecule has 1 aromatic carbocycles. The van der Waals surface area contributed by atoms with Crippen molar-refractivity contribution in [2.24, 2.45) is 0 Å². The Balaban J connectivity index is 2.36. The molecule has 3 rings (SSSR count). The highest BCUT2D eigenvalue weighted by atomic mass is 19.4. The number of aromatic nitrogens is 1. The van der Waals surface area contributed by atoms with Crippen LogP contribution in [0.3, 0.4) is 0 Å². The average Bonchev–Trinajstić information content (AvgIpc) is 2.47. The summed E-state index contributed by atoms with van der Waals surface area (Å²) in [5.41, 5.74) is -6.15. The highest BCUT2D eigenvalue weighted by Gasteiger charge is 2.71. The van der Waals surface area contributed by atoms with Gasteiger partial charge in [-0.1, -0.05) is 6.07 Å². The summed E-state index contributed by atoms with van der Waals surface area (Å²) >= 11 is 0. The standard InChI is InChI=1S/C15H11F6NO2/c16-14(17,18)13(24,15(19,20)21)10-6-8-2-1-5-22-11(23)4-3-9(7-10)12(8)22/h3-4,6-7,24H,1-2,5H2. The second kappa shape index (κ2) is 4.98. The normalized spacial score (nSPS) is 15.8. The molecule has 0 atom stereocenters. The Morgan fingerprint density at radius 1 is 1.00 bits per heavy atom. The van der Waals surface area contributed by atoms with Gasteiger partial charge in [-0.3, -0.25) is 4.79 Å². The fourth-order valence-electron chi connectivity index (χ4n) is 3.07. The van der Waals surface area contributed by atoms with Crippen LogP contribution in [0.1, 0.15) is 17.5 Å². The van der Waals surface area contributed by atoms with Gasteiger partial charge in [-0.05, 0) is 35.9 Å². The van der Waals surface area contributed by atoms with E-state index in [-0.39, 0.29) is 22.9 Å². The van der Waals surface area contributed by atoms with Crippen molar-refractivity contribution < 1.29 is 31.4 Å². The molecule has 1 aliphatic heterocycles. The first-order chi connectivity index (χ1) is 11.0. The van der Waals surface area contributed by atoms with E-state index in [1.54, 1.807) is 0 Å². The van der Waals surface area contributed by atoms with E-state index in [9.17, 15) is 36.2 Å². The van der Waals surface area contributed by atoms with Crippen LogP contribution < -0.4 is 5.56 Å². The molecule has 2 aromatic rings. The van der Waals surface area contributed by atoms with Gasteiger partial charge >= 0.3 is 12.4 Å². The van der Waals surface area contributed by atoms with Crippen molar-refractivity contribution >= 4 is 10.9 Å². The maximum Gasteiger partial charge on any atom is 0.430 e. The molecule has 0 bridgehead atoms. The number of hydrogen-bond acceptors (Lipinski definition) is 2. The van der Waals surface area contributed by atoms with Crippen molar-refractivity contribution in [3.05, 3.63) is 45.7 Å². The van der Waals surface area contributed by atoms with E-state index in [4.69, 9.17) is 0 Å². The topological polar surface area (TPSA) is 42.2 Å². The number of aliphatic hydroxyl groups is 1. The van der Waals surface area contributed by atoms with Gasteiger partial charge in [-0.2, -0.15) is 26.3 Å². The smallest absolute Gasteiger partial charge is 0.369 e. The lowest BCUT2D eigenvalue weighted by Gasteiger charge is -2.33. The van der Waals surface area contributed by atoms with E-state index in [0.717, 1.165) is 6.07 Å². The fourth-order valence-corrected chi connectivity index (χ4v) is 3.07. The molecule has 0 aliphatic carbocycles. The van der Waals surface area contributed by atoms with Crippen LogP contribution in [-0.4, -0.2) is 22.0 Å². The zero-order valence-corrected chi connectivity index (χ0v) is 12.0. The van der Waals surface area contributed by atoms with Crippen molar-refractivity contribution in [1.29, 1.82) is 0 Å². The minimum Gasteiger partial charge on any atom is -0.369 e. The number of hydrogen-bond donors (Lipinski definition) is 1. The monoisotopic (exact) mass is 351 g/mol. The minimum atomic E-state index is -5.94. The Morgan fingerprint density at radius 3 is 2.21 bits per heavy atom. The Kier molecular flexibility index (Phi) is 3.49. The van der Waals surface area contributed by atoms with Crippen LogP contribution in [0.4, 0.5) is 26.3 Å². The number of aryl methyl sites for hydroxylation is 2. The second-order valence-corrected chi connectivity index (χ2v) is 5.71. The van der Waals surface area contributed by atoms with E-state index in [1.807, 2.05) is 0 Å². The Morgan fingerprint density at radius 2 is 1.62 bits per heavy atom. The molecule has 1 N–H and O–H groups in total. The summed E-state index contributed by atoms with van der Waals surface area (Å²) in [7, 11) is 0. The van der Waals surface area contributed by atoms with Crippen LogP contribution in [-0.2, 0) is 18.6 Å². The predicted molar refractivity (Wildman–Crippen MR) is 72.5 cm³/mol. The maximum atomic E-state index is 13.1. The van der Waals surface area contributed by atoms with Gasteiger partial charge in [0.1, 0.15) is 0 Å². The molecule has 1 aliphatic rings. The Labute approximate surface area is 131 Å². The van der Waals surface area contributed by atoms with E-state index >= 15 is 0 Å². The summed E-state index contributed by atoms with van der Waals surface area (Å²) in [4.78, 5) is 11.8. The van der Waals surface area contributed by atoms with Crippen molar-refractivity contribution in [1.82, 2.24) is 4.57 Å². The first-order valence-electron chi connectivity index (χ1n) is 6.99. The van der Waals surface area contributed by atoms with Gasteiger partial charge in [0.2, 0.25) is 0 Å². The van der Waals surface area contributed by atoms with Crippen LogP contribution in [0.15, 0.2) is 29.1 Å². The summed E-state index contributed by atoms with van der Waals surface area (Å²) in [5, 5.41) is 9.61. The Hall–Kier alpha value is -2.03. The SMILES string of the molecule is O=c1ccc2cc(C(O)(C(F)(F)F)C(F)(F)F)cc3c2n1CCC3. The molecule has 130 valence electrons. The molecule has 0 unspecified atom stereocenters. The highest BCUT2D eigenvalue weighted by molar-refractivity contribution is 5.84. The maximum absolute atomic E-state index is 13.1. The first-order valence-corrected chi connectivity index (χ1v) is 6.99. The third kappa shape index (κ3) is 2.21. The van der Waals surface area contributed by atoms with Crippen molar-refractivity contribution in [3.8, 4) is 0 Å². The van der Waals surface area contributed by atoms with Crippen LogP contribution in [0, 0.1) is 0 Å². The molecule has 2 heterocycles. The van der Waals surface area contributed by atoms with E-state index in [1.165, 1.54) is 10.6 Å². The molecule has 0 spiro atoms. The number of nitrogens with zero attached hydrogens (tertiary/aromatic N) is 1. The van der Waals surface area contributed by atoms with Crippen molar-refractivity contribution in [3.63, 3.8) is 0 Å². The van der Waals surface area contributed by atoms with Crippen LogP contribution in [0.5, 0.6) is 0 Å². The third-order valence-corrected chi connectivity index (χ3v) is 4.23. The lowest BCUT2D eigenvalue weighted by atomic mass is 9.87. The van der Waals surface area contributed by atoms with E-state index in [0.29, 0.717) is 30.6 Å². The largest absolute Gasteiger partial charge is 0.430 e. The molecule has 0 amide bonds. The van der Waals surface area contributed by atoms with Gasteiger partial charge in [0.15, 0.2) is 0 Å². The van der Waals surface area contributed by atoms with E-state index < -0.39 is 23.5 Å². The van der Waals surface area contributed by atoms with Gasteiger partial charge in [-0.15, -0.1) is 0 Å². The summed E-state index contributed by atoms with van der Waals surface area (Å²) in [6.45, 7) is 0.339. The van der Waals surface area contributed by atoms with Crippen molar-refractivity contribution in [2.75, 3.05) is 0 Å².